The third kappa shape index (κ3) is 5.48. The maximum atomic E-state index is 12.0. The van der Waals surface area contributed by atoms with Gasteiger partial charge in [0.25, 0.3) is 0 Å². The van der Waals surface area contributed by atoms with Crippen LogP contribution in [0.2, 0.25) is 0 Å². The molecular weight excluding hydrogens is 248 g/mol. The first-order valence-corrected chi connectivity index (χ1v) is 8.20. The number of thioether (sulfide) groups is 1. The molecule has 0 aromatic heterocycles. The van der Waals surface area contributed by atoms with Crippen molar-refractivity contribution in [2.24, 2.45) is 5.92 Å². The van der Waals surface area contributed by atoms with Crippen LogP contribution in [0.25, 0.3) is 0 Å². The van der Waals surface area contributed by atoms with Crippen molar-refractivity contribution in [3.63, 3.8) is 0 Å². The molecule has 1 saturated heterocycles. The molecule has 1 heterocycles. The number of urea groups is 1. The predicted octanol–water partition coefficient (Wildman–Crippen LogP) is 2.20. The number of hydrogen-bond donors (Lipinski definition) is 1. The van der Waals surface area contributed by atoms with Crippen LogP contribution in [0.1, 0.15) is 26.7 Å². The molecule has 5 heteroatoms. The minimum Gasteiger partial charge on any atom is -0.375 e. The van der Waals surface area contributed by atoms with Gasteiger partial charge in [-0.3, -0.25) is 0 Å². The maximum Gasteiger partial charge on any atom is 0.317 e. The lowest BCUT2D eigenvalue weighted by Crippen LogP contribution is -2.50. The molecule has 0 aliphatic carbocycles. The maximum absolute atomic E-state index is 12.0. The molecule has 106 valence electrons. The van der Waals surface area contributed by atoms with E-state index >= 15 is 0 Å². The van der Waals surface area contributed by atoms with Gasteiger partial charge in [0.05, 0.1) is 12.7 Å². The Bertz CT molecular complexity index is 249. The average molecular weight is 274 g/mol. The first-order chi connectivity index (χ1) is 8.67. The van der Waals surface area contributed by atoms with E-state index in [1.807, 2.05) is 16.7 Å². The fourth-order valence-corrected chi connectivity index (χ4v) is 2.80. The van der Waals surface area contributed by atoms with E-state index in [9.17, 15) is 4.79 Å². The third-order valence-electron chi connectivity index (χ3n) is 3.09. The molecule has 1 aliphatic heterocycles. The number of morpholine rings is 1. The van der Waals surface area contributed by atoms with Crippen LogP contribution in [0.5, 0.6) is 0 Å². The molecule has 1 aliphatic rings. The molecule has 0 saturated carbocycles. The summed E-state index contributed by atoms with van der Waals surface area (Å²) >= 11 is 1.82. The second kappa shape index (κ2) is 8.64. The standard InChI is InChI=1S/C13H26N2O2S/c1-4-5-12-9-15(6-7-17-12)13(16)14-8-11(2)10-18-3/h11-12H,4-10H2,1-3H3,(H,14,16)/t11-,12+/m1/s1. The molecule has 2 atom stereocenters. The summed E-state index contributed by atoms with van der Waals surface area (Å²) in [6.07, 6.45) is 4.45. The van der Waals surface area contributed by atoms with Crippen molar-refractivity contribution in [2.45, 2.75) is 32.8 Å². The zero-order valence-corrected chi connectivity index (χ0v) is 12.6. The highest BCUT2D eigenvalue weighted by Gasteiger charge is 2.23. The van der Waals surface area contributed by atoms with Crippen LogP contribution in [0, 0.1) is 5.92 Å². The summed E-state index contributed by atoms with van der Waals surface area (Å²) in [7, 11) is 0. The van der Waals surface area contributed by atoms with E-state index in [0.29, 0.717) is 19.1 Å². The molecule has 1 rings (SSSR count). The first-order valence-electron chi connectivity index (χ1n) is 6.80. The number of rotatable bonds is 6. The third-order valence-corrected chi connectivity index (χ3v) is 3.99. The van der Waals surface area contributed by atoms with E-state index in [0.717, 1.165) is 31.7 Å². The fourth-order valence-electron chi connectivity index (χ4n) is 2.12. The quantitative estimate of drug-likeness (QED) is 0.807. The normalized spacial score (nSPS) is 21.7. The molecule has 1 fully saturated rings. The van der Waals surface area contributed by atoms with Crippen LogP contribution in [-0.2, 0) is 4.74 Å². The number of amides is 2. The van der Waals surface area contributed by atoms with E-state index in [1.54, 1.807) is 0 Å². The topological polar surface area (TPSA) is 41.6 Å². The molecule has 0 spiro atoms. The van der Waals surface area contributed by atoms with Crippen LogP contribution >= 0.6 is 11.8 Å². The van der Waals surface area contributed by atoms with Crippen LogP contribution < -0.4 is 5.32 Å². The van der Waals surface area contributed by atoms with Gasteiger partial charge in [-0.05, 0) is 24.3 Å². The van der Waals surface area contributed by atoms with Gasteiger partial charge in [-0.2, -0.15) is 11.8 Å². The lowest BCUT2D eigenvalue weighted by atomic mass is 10.2. The van der Waals surface area contributed by atoms with Crippen molar-refractivity contribution in [2.75, 3.05) is 38.2 Å². The average Bonchev–Trinajstić information content (AvgIpc) is 2.37. The first kappa shape index (κ1) is 15.6. The van der Waals surface area contributed by atoms with Crippen molar-refractivity contribution in [1.29, 1.82) is 0 Å². The number of hydrogen-bond acceptors (Lipinski definition) is 3. The smallest absolute Gasteiger partial charge is 0.317 e. The molecule has 0 unspecified atom stereocenters. The zero-order valence-electron chi connectivity index (χ0n) is 11.8. The van der Waals surface area contributed by atoms with Crippen LogP contribution in [0.3, 0.4) is 0 Å². The molecule has 1 N–H and O–H groups in total. The van der Waals surface area contributed by atoms with E-state index in [-0.39, 0.29) is 12.1 Å². The van der Waals surface area contributed by atoms with Gasteiger partial charge in [0.15, 0.2) is 0 Å². The largest absolute Gasteiger partial charge is 0.375 e. The Morgan fingerprint density at radius 2 is 2.39 bits per heavy atom. The Labute approximate surface area is 115 Å². The minimum atomic E-state index is 0.0624. The van der Waals surface area contributed by atoms with Crippen molar-refractivity contribution in [3.05, 3.63) is 0 Å². The monoisotopic (exact) mass is 274 g/mol. The van der Waals surface area contributed by atoms with Gasteiger partial charge in [-0.15, -0.1) is 0 Å². The van der Waals surface area contributed by atoms with Crippen molar-refractivity contribution in [1.82, 2.24) is 10.2 Å². The van der Waals surface area contributed by atoms with Gasteiger partial charge in [-0.1, -0.05) is 20.3 Å². The number of ether oxygens (including phenoxy) is 1. The molecule has 18 heavy (non-hydrogen) atoms. The summed E-state index contributed by atoms with van der Waals surface area (Å²) in [6, 6.07) is 0.0624. The van der Waals surface area contributed by atoms with E-state index in [2.05, 4.69) is 25.4 Å². The summed E-state index contributed by atoms with van der Waals surface area (Å²) in [5.41, 5.74) is 0. The second-order valence-corrected chi connectivity index (χ2v) is 5.88. The molecule has 0 aromatic rings. The molecular formula is C13H26N2O2S. The Hall–Kier alpha value is -0.420. The van der Waals surface area contributed by atoms with Crippen molar-refractivity contribution in [3.8, 4) is 0 Å². The van der Waals surface area contributed by atoms with E-state index < -0.39 is 0 Å². The molecule has 0 bridgehead atoms. The second-order valence-electron chi connectivity index (χ2n) is 4.97. The van der Waals surface area contributed by atoms with Gasteiger partial charge in [0.1, 0.15) is 0 Å². The molecule has 4 nitrogen and oxygen atoms in total. The summed E-state index contributed by atoms with van der Waals surface area (Å²) in [5.74, 6) is 1.61. The van der Waals surface area contributed by atoms with Crippen LogP contribution in [-0.4, -0.2) is 55.3 Å². The van der Waals surface area contributed by atoms with Gasteiger partial charge in [0, 0.05) is 19.6 Å². The highest BCUT2D eigenvalue weighted by Crippen LogP contribution is 2.10. The lowest BCUT2D eigenvalue weighted by molar-refractivity contribution is -0.0181. The van der Waals surface area contributed by atoms with Gasteiger partial charge in [-0.25, -0.2) is 4.79 Å². The summed E-state index contributed by atoms with van der Waals surface area (Å²) < 4.78 is 5.64. The number of nitrogens with one attached hydrogen (secondary N) is 1. The number of carbonyl (C=O) groups is 1. The van der Waals surface area contributed by atoms with Gasteiger partial charge >= 0.3 is 6.03 Å². The Kier molecular flexibility index (Phi) is 7.51. The molecule has 0 aromatic carbocycles. The minimum absolute atomic E-state index is 0.0624. The molecule has 2 amide bonds. The summed E-state index contributed by atoms with van der Waals surface area (Å²) in [4.78, 5) is 13.9. The van der Waals surface area contributed by atoms with Crippen molar-refractivity contribution >= 4 is 17.8 Å². The highest BCUT2D eigenvalue weighted by atomic mass is 32.2. The summed E-state index contributed by atoms with van der Waals surface area (Å²) in [5, 5.41) is 3.02. The van der Waals surface area contributed by atoms with E-state index in [1.165, 1.54) is 0 Å². The molecule has 0 radical (unpaired) electrons. The number of nitrogens with zero attached hydrogens (tertiary/aromatic N) is 1. The Morgan fingerprint density at radius 1 is 1.61 bits per heavy atom. The Balaban J connectivity index is 2.28. The predicted molar refractivity (Wildman–Crippen MR) is 77.2 cm³/mol. The van der Waals surface area contributed by atoms with E-state index in [4.69, 9.17) is 4.74 Å². The van der Waals surface area contributed by atoms with Gasteiger partial charge in [0.2, 0.25) is 0 Å². The summed E-state index contributed by atoms with van der Waals surface area (Å²) in [6.45, 7) is 7.18. The van der Waals surface area contributed by atoms with Crippen LogP contribution in [0.4, 0.5) is 4.79 Å². The zero-order chi connectivity index (χ0) is 13.4. The number of carbonyl (C=O) groups excluding carboxylic acids is 1. The fraction of sp³-hybridized carbons (Fsp3) is 0.923. The SMILES string of the molecule is CCC[C@H]1CN(C(=O)NC[C@@H](C)CSC)CCO1. The highest BCUT2D eigenvalue weighted by molar-refractivity contribution is 7.98. The van der Waals surface area contributed by atoms with Crippen molar-refractivity contribution < 1.29 is 9.53 Å². The van der Waals surface area contributed by atoms with Gasteiger partial charge < -0.3 is 15.0 Å². The van der Waals surface area contributed by atoms with Crippen LogP contribution in [0.15, 0.2) is 0 Å². The Morgan fingerprint density at radius 3 is 3.06 bits per heavy atom. The lowest BCUT2D eigenvalue weighted by Gasteiger charge is -2.33.